The molecule has 0 bridgehead atoms. The van der Waals surface area contributed by atoms with Crippen molar-refractivity contribution in [3.8, 4) is 5.75 Å². The van der Waals surface area contributed by atoms with Gasteiger partial charge in [-0.15, -0.1) is 0 Å². The predicted molar refractivity (Wildman–Crippen MR) is 75.1 cm³/mol. The van der Waals surface area contributed by atoms with Crippen molar-refractivity contribution in [2.75, 3.05) is 6.61 Å². The average Bonchev–Trinajstić information content (AvgIpc) is 2.39. The number of rotatable bonds is 4. The van der Waals surface area contributed by atoms with Crippen LogP contribution in [0.1, 0.15) is 22.8 Å². The van der Waals surface area contributed by atoms with Crippen LogP contribution in [0, 0.1) is 5.82 Å². The molecule has 4 heteroatoms. The van der Waals surface area contributed by atoms with Crippen molar-refractivity contribution in [1.29, 1.82) is 0 Å². The molecule has 0 saturated heterocycles. The van der Waals surface area contributed by atoms with Gasteiger partial charge in [-0.1, -0.05) is 18.2 Å². The number of benzene rings is 2. The van der Waals surface area contributed by atoms with Crippen LogP contribution in [-0.4, -0.2) is 12.4 Å². The highest BCUT2D eigenvalue weighted by molar-refractivity contribution is 9.10. The molecule has 0 aliphatic rings. The van der Waals surface area contributed by atoms with Crippen molar-refractivity contribution < 1.29 is 13.9 Å². The van der Waals surface area contributed by atoms with E-state index in [-0.39, 0.29) is 5.56 Å². The molecule has 0 heterocycles. The standard InChI is InChI=1S/C15H12BrFO2/c1-2-19-13-9-4-3-6-10(13)15(18)14-11(16)7-5-8-12(14)17/h3-9H,2H2,1H3. The first-order valence-electron chi connectivity index (χ1n) is 5.85. The summed E-state index contributed by atoms with van der Waals surface area (Å²) in [6.07, 6.45) is 0. The molecule has 0 amide bonds. The summed E-state index contributed by atoms with van der Waals surface area (Å²) in [5, 5.41) is 0. The largest absolute Gasteiger partial charge is 0.493 e. The molecule has 0 N–H and O–H groups in total. The van der Waals surface area contributed by atoms with Crippen LogP contribution in [0.2, 0.25) is 0 Å². The molecule has 2 rings (SSSR count). The Morgan fingerprint density at radius 1 is 1.21 bits per heavy atom. The van der Waals surface area contributed by atoms with E-state index in [2.05, 4.69) is 15.9 Å². The first-order chi connectivity index (χ1) is 9.15. The maximum absolute atomic E-state index is 13.8. The van der Waals surface area contributed by atoms with Crippen LogP contribution in [0.3, 0.4) is 0 Å². The lowest BCUT2D eigenvalue weighted by molar-refractivity contribution is 0.103. The predicted octanol–water partition coefficient (Wildman–Crippen LogP) is 4.22. The molecule has 0 atom stereocenters. The average molecular weight is 323 g/mol. The number of halogens is 2. The monoisotopic (exact) mass is 322 g/mol. The molecule has 0 fully saturated rings. The molecule has 2 aromatic rings. The van der Waals surface area contributed by atoms with Crippen LogP contribution >= 0.6 is 15.9 Å². The Balaban J connectivity index is 2.50. The summed E-state index contributed by atoms with van der Waals surface area (Å²) >= 11 is 3.21. The Labute approximate surface area is 119 Å². The lowest BCUT2D eigenvalue weighted by Gasteiger charge is -2.10. The van der Waals surface area contributed by atoms with Crippen LogP contribution < -0.4 is 4.74 Å². The highest BCUT2D eigenvalue weighted by Crippen LogP contribution is 2.27. The van der Waals surface area contributed by atoms with Crippen LogP contribution in [0.4, 0.5) is 4.39 Å². The van der Waals surface area contributed by atoms with Gasteiger partial charge in [0.05, 0.1) is 17.7 Å². The summed E-state index contributed by atoms with van der Waals surface area (Å²) in [7, 11) is 0. The summed E-state index contributed by atoms with van der Waals surface area (Å²) in [6.45, 7) is 2.28. The molecule has 2 aromatic carbocycles. The Hall–Kier alpha value is -1.68. The van der Waals surface area contributed by atoms with Gasteiger partial charge in [-0.05, 0) is 47.1 Å². The lowest BCUT2D eigenvalue weighted by Crippen LogP contribution is -2.08. The number of hydrogen-bond donors (Lipinski definition) is 0. The van der Waals surface area contributed by atoms with Gasteiger partial charge in [0, 0.05) is 4.47 Å². The van der Waals surface area contributed by atoms with Gasteiger partial charge in [0.15, 0.2) is 0 Å². The highest BCUT2D eigenvalue weighted by Gasteiger charge is 2.20. The van der Waals surface area contributed by atoms with E-state index in [4.69, 9.17) is 4.74 Å². The fourth-order valence-corrected chi connectivity index (χ4v) is 2.31. The zero-order valence-corrected chi connectivity index (χ0v) is 11.9. The van der Waals surface area contributed by atoms with E-state index in [1.165, 1.54) is 6.07 Å². The number of carbonyl (C=O) groups is 1. The topological polar surface area (TPSA) is 26.3 Å². The van der Waals surface area contributed by atoms with Crippen LogP contribution in [-0.2, 0) is 0 Å². The van der Waals surface area contributed by atoms with Crippen molar-refractivity contribution in [2.24, 2.45) is 0 Å². The smallest absolute Gasteiger partial charge is 0.200 e. The van der Waals surface area contributed by atoms with E-state index in [1.807, 2.05) is 6.92 Å². The summed E-state index contributed by atoms with van der Waals surface area (Å²) in [4.78, 5) is 12.4. The van der Waals surface area contributed by atoms with Gasteiger partial charge in [0.25, 0.3) is 0 Å². The van der Waals surface area contributed by atoms with E-state index in [0.29, 0.717) is 22.4 Å². The van der Waals surface area contributed by atoms with Gasteiger partial charge in [0.2, 0.25) is 5.78 Å². The Bertz CT molecular complexity index is 591. The van der Waals surface area contributed by atoms with Crippen molar-refractivity contribution in [2.45, 2.75) is 6.92 Å². The van der Waals surface area contributed by atoms with Crippen molar-refractivity contribution in [3.63, 3.8) is 0 Å². The van der Waals surface area contributed by atoms with Crippen LogP contribution in [0.15, 0.2) is 46.9 Å². The molecule has 0 aromatic heterocycles. The SMILES string of the molecule is CCOc1ccccc1C(=O)c1c(F)cccc1Br. The number of carbonyl (C=O) groups excluding carboxylic acids is 1. The lowest BCUT2D eigenvalue weighted by atomic mass is 10.0. The molecule has 0 saturated carbocycles. The molecule has 0 radical (unpaired) electrons. The molecular weight excluding hydrogens is 311 g/mol. The summed E-state index contributed by atoms with van der Waals surface area (Å²) < 4.78 is 19.6. The minimum absolute atomic E-state index is 0.0228. The van der Waals surface area contributed by atoms with E-state index in [9.17, 15) is 9.18 Å². The van der Waals surface area contributed by atoms with E-state index < -0.39 is 11.6 Å². The fraction of sp³-hybridized carbons (Fsp3) is 0.133. The Kier molecular flexibility index (Phi) is 4.32. The molecule has 19 heavy (non-hydrogen) atoms. The minimum atomic E-state index is -0.550. The van der Waals surface area contributed by atoms with Gasteiger partial charge < -0.3 is 4.74 Å². The van der Waals surface area contributed by atoms with Crippen LogP contribution in [0.25, 0.3) is 0 Å². The van der Waals surface area contributed by atoms with Gasteiger partial charge >= 0.3 is 0 Å². The summed E-state index contributed by atoms with van der Waals surface area (Å²) in [5.74, 6) is -0.482. The van der Waals surface area contributed by atoms with Gasteiger partial charge in [-0.25, -0.2) is 4.39 Å². The zero-order chi connectivity index (χ0) is 13.8. The van der Waals surface area contributed by atoms with Crippen LogP contribution in [0.5, 0.6) is 5.75 Å². The highest BCUT2D eigenvalue weighted by atomic mass is 79.9. The first kappa shape index (κ1) is 13.7. The zero-order valence-electron chi connectivity index (χ0n) is 10.3. The second kappa shape index (κ2) is 5.97. The quantitative estimate of drug-likeness (QED) is 0.788. The maximum atomic E-state index is 13.8. The molecular formula is C15H12BrFO2. The van der Waals surface area contributed by atoms with Crippen molar-refractivity contribution in [1.82, 2.24) is 0 Å². The Morgan fingerprint density at radius 2 is 1.95 bits per heavy atom. The molecule has 0 aliphatic heterocycles. The molecule has 0 aliphatic carbocycles. The minimum Gasteiger partial charge on any atom is -0.493 e. The normalized spacial score (nSPS) is 10.3. The summed E-state index contributed by atoms with van der Waals surface area (Å²) in [5.41, 5.74) is 0.379. The second-order valence-electron chi connectivity index (χ2n) is 3.85. The number of hydrogen-bond acceptors (Lipinski definition) is 2. The number of ether oxygens (including phenoxy) is 1. The molecule has 98 valence electrons. The molecule has 0 unspecified atom stereocenters. The Morgan fingerprint density at radius 3 is 2.63 bits per heavy atom. The summed E-state index contributed by atoms with van der Waals surface area (Å²) in [6, 6.07) is 11.3. The van der Waals surface area contributed by atoms with Crippen molar-refractivity contribution in [3.05, 3.63) is 63.9 Å². The van der Waals surface area contributed by atoms with Gasteiger partial charge in [-0.2, -0.15) is 0 Å². The van der Waals surface area contributed by atoms with Gasteiger partial charge in [-0.3, -0.25) is 4.79 Å². The third-order valence-corrected chi connectivity index (χ3v) is 3.28. The third-order valence-electron chi connectivity index (χ3n) is 2.62. The van der Waals surface area contributed by atoms with Gasteiger partial charge in [0.1, 0.15) is 11.6 Å². The van der Waals surface area contributed by atoms with Crippen molar-refractivity contribution >= 4 is 21.7 Å². The van der Waals surface area contributed by atoms with E-state index in [0.717, 1.165) is 0 Å². The maximum Gasteiger partial charge on any atom is 0.200 e. The van der Waals surface area contributed by atoms with E-state index >= 15 is 0 Å². The number of ketones is 1. The molecule has 0 spiro atoms. The fourth-order valence-electron chi connectivity index (χ4n) is 1.79. The van der Waals surface area contributed by atoms with E-state index in [1.54, 1.807) is 36.4 Å². The molecule has 2 nitrogen and oxygen atoms in total. The third kappa shape index (κ3) is 2.84. The number of para-hydroxylation sites is 1. The second-order valence-corrected chi connectivity index (χ2v) is 4.71. The first-order valence-corrected chi connectivity index (χ1v) is 6.65.